The molecule has 2 rings (SSSR count). The van der Waals surface area contributed by atoms with Gasteiger partial charge in [-0.05, 0) is 26.0 Å². The zero-order chi connectivity index (χ0) is 14.4. The highest BCUT2D eigenvalue weighted by molar-refractivity contribution is 5.39. The van der Waals surface area contributed by atoms with Crippen LogP contribution in [-0.2, 0) is 0 Å². The lowest BCUT2D eigenvalue weighted by Crippen LogP contribution is -2.09. The van der Waals surface area contributed by atoms with Crippen LogP contribution in [0.15, 0.2) is 36.7 Å². The minimum atomic E-state index is 0.331. The van der Waals surface area contributed by atoms with Crippen LogP contribution in [-0.4, -0.2) is 30.1 Å². The fourth-order valence-corrected chi connectivity index (χ4v) is 1.73. The molecule has 1 aromatic carbocycles. The molecule has 5 nitrogen and oxygen atoms in total. The number of benzene rings is 1. The van der Waals surface area contributed by atoms with Gasteiger partial charge in [-0.1, -0.05) is 12.1 Å². The van der Waals surface area contributed by atoms with Crippen molar-refractivity contribution in [1.29, 1.82) is 0 Å². The SMILES string of the molecule is COc1ccccc1OCCOc1cnn(C(C)C)c1. The van der Waals surface area contributed by atoms with Crippen LogP contribution in [0.5, 0.6) is 17.2 Å². The van der Waals surface area contributed by atoms with E-state index < -0.39 is 0 Å². The average molecular weight is 276 g/mol. The van der Waals surface area contributed by atoms with Gasteiger partial charge in [0.15, 0.2) is 17.2 Å². The minimum Gasteiger partial charge on any atom is -0.493 e. The zero-order valence-corrected chi connectivity index (χ0v) is 12.1. The summed E-state index contributed by atoms with van der Waals surface area (Å²) in [6, 6.07) is 7.88. The van der Waals surface area contributed by atoms with E-state index in [4.69, 9.17) is 14.2 Å². The van der Waals surface area contributed by atoms with Crippen molar-refractivity contribution in [2.24, 2.45) is 0 Å². The molecule has 0 unspecified atom stereocenters. The number of hydrogen-bond donors (Lipinski definition) is 0. The summed E-state index contributed by atoms with van der Waals surface area (Å²) < 4.78 is 18.3. The standard InChI is InChI=1S/C15H20N2O3/c1-12(2)17-11-13(10-16-17)19-8-9-20-15-7-5-4-6-14(15)18-3/h4-7,10-12H,8-9H2,1-3H3. The Bertz CT molecular complexity index is 537. The van der Waals surface area contributed by atoms with E-state index in [-0.39, 0.29) is 0 Å². The minimum absolute atomic E-state index is 0.331. The molecule has 0 saturated heterocycles. The van der Waals surface area contributed by atoms with Crippen LogP contribution in [0.25, 0.3) is 0 Å². The fraction of sp³-hybridized carbons (Fsp3) is 0.400. The second kappa shape index (κ2) is 6.84. The molecule has 2 aromatic rings. The van der Waals surface area contributed by atoms with Crippen molar-refractivity contribution in [3.63, 3.8) is 0 Å². The molecule has 0 fully saturated rings. The van der Waals surface area contributed by atoms with E-state index in [9.17, 15) is 0 Å². The molecule has 0 saturated carbocycles. The normalized spacial score (nSPS) is 10.6. The summed E-state index contributed by atoms with van der Waals surface area (Å²) >= 11 is 0. The topological polar surface area (TPSA) is 45.5 Å². The van der Waals surface area contributed by atoms with Crippen LogP contribution < -0.4 is 14.2 Å². The molecule has 20 heavy (non-hydrogen) atoms. The third-order valence-corrected chi connectivity index (χ3v) is 2.79. The lowest BCUT2D eigenvalue weighted by Gasteiger charge is -2.10. The predicted molar refractivity (Wildman–Crippen MR) is 76.6 cm³/mol. The number of hydrogen-bond acceptors (Lipinski definition) is 4. The molecular weight excluding hydrogens is 256 g/mol. The van der Waals surface area contributed by atoms with E-state index in [0.29, 0.717) is 19.3 Å². The molecule has 0 atom stereocenters. The molecule has 1 heterocycles. The predicted octanol–water partition coefficient (Wildman–Crippen LogP) is 2.93. The monoisotopic (exact) mass is 276 g/mol. The summed E-state index contributed by atoms with van der Waals surface area (Å²) in [7, 11) is 1.62. The van der Waals surface area contributed by atoms with Gasteiger partial charge in [-0.2, -0.15) is 5.10 Å². The van der Waals surface area contributed by atoms with Gasteiger partial charge < -0.3 is 14.2 Å². The lowest BCUT2D eigenvalue weighted by atomic mass is 10.3. The molecule has 1 aromatic heterocycles. The van der Waals surface area contributed by atoms with Crippen molar-refractivity contribution in [3.8, 4) is 17.2 Å². The van der Waals surface area contributed by atoms with Gasteiger partial charge in [0.1, 0.15) is 13.2 Å². The summed E-state index contributed by atoms with van der Waals surface area (Å²) in [6.07, 6.45) is 3.59. The van der Waals surface area contributed by atoms with Gasteiger partial charge in [0, 0.05) is 6.04 Å². The molecule has 0 aliphatic carbocycles. The summed E-state index contributed by atoms with van der Waals surface area (Å²) in [5, 5.41) is 4.21. The van der Waals surface area contributed by atoms with E-state index in [1.165, 1.54) is 0 Å². The van der Waals surface area contributed by atoms with Crippen molar-refractivity contribution in [2.75, 3.05) is 20.3 Å². The second-order valence-corrected chi connectivity index (χ2v) is 4.60. The summed E-state index contributed by atoms with van der Waals surface area (Å²) in [6.45, 7) is 5.05. The molecule has 0 N–H and O–H groups in total. The van der Waals surface area contributed by atoms with Gasteiger partial charge in [-0.3, -0.25) is 4.68 Å². The van der Waals surface area contributed by atoms with Crippen LogP contribution in [0.1, 0.15) is 19.9 Å². The Morgan fingerprint density at radius 1 is 1.10 bits per heavy atom. The van der Waals surface area contributed by atoms with E-state index in [0.717, 1.165) is 17.2 Å². The Morgan fingerprint density at radius 3 is 2.45 bits per heavy atom. The first-order valence-corrected chi connectivity index (χ1v) is 6.63. The van der Waals surface area contributed by atoms with Crippen LogP contribution in [0.4, 0.5) is 0 Å². The first-order valence-electron chi connectivity index (χ1n) is 6.63. The van der Waals surface area contributed by atoms with Gasteiger partial charge in [-0.25, -0.2) is 0 Å². The molecule has 0 bridgehead atoms. The van der Waals surface area contributed by atoms with E-state index in [1.54, 1.807) is 13.3 Å². The highest BCUT2D eigenvalue weighted by Crippen LogP contribution is 2.25. The number of para-hydroxylation sites is 2. The lowest BCUT2D eigenvalue weighted by molar-refractivity contribution is 0.211. The summed E-state index contributed by atoms with van der Waals surface area (Å²) in [4.78, 5) is 0. The van der Waals surface area contributed by atoms with Crippen LogP contribution in [0.2, 0.25) is 0 Å². The first kappa shape index (κ1) is 14.2. The Balaban J connectivity index is 1.78. The molecule has 0 spiro atoms. The largest absolute Gasteiger partial charge is 0.493 e. The Kier molecular flexibility index (Phi) is 4.87. The number of aromatic nitrogens is 2. The van der Waals surface area contributed by atoms with Crippen LogP contribution in [0, 0.1) is 0 Å². The van der Waals surface area contributed by atoms with E-state index >= 15 is 0 Å². The highest BCUT2D eigenvalue weighted by Gasteiger charge is 2.04. The second-order valence-electron chi connectivity index (χ2n) is 4.60. The maximum absolute atomic E-state index is 5.63. The van der Waals surface area contributed by atoms with Gasteiger partial charge in [0.25, 0.3) is 0 Å². The molecule has 0 aliphatic heterocycles. The third kappa shape index (κ3) is 3.66. The van der Waals surface area contributed by atoms with Crippen LogP contribution >= 0.6 is 0 Å². The number of nitrogens with zero attached hydrogens (tertiary/aromatic N) is 2. The molecule has 0 aliphatic rings. The summed E-state index contributed by atoms with van der Waals surface area (Å²) in [5.74, 6) is 2.19. The molecular formula is C15H20N2O3. The smallest absolute Gasteiger partial charge is 0.161 e. The van der Waals surface area contributed by atoms with E-state index in [2.05, 4.69) is 18.9 Å². The van der Waals surface area contributed by atoms with Crippen molar-refractivity contribution >= 4 is 0 Å². The molecule has 108 valence electrons. The number of rotatable bonds is 7. The van der Waals surface area contributed by atoms with Crippen molar-refractivity contribution in [3.05, 3.63) is 36.7 Å². The zero-order valence-electron chi connectivity index (χ0n) is 12.1. The molecule has 0 amide bonds. The highest BCUT2D eigenvalue weighted by atomic mass is 16.5. The first-order chi connectivity index (χ1) is 9.70. The average Bonchev–Trinajstić information content (AvgIpc) is 2.93. The van der Waals surface area contributed by atoms with Gasteiger partial charge >= 0.3 is 0 Å². The van der Waals surface area contributed by atoms with Crippen LogP contribution in [0.3, 0.4) is 0 Å². The van der Waals surface area contributed by atoms with E-state index in [1.807, 2.05) is 35.1 Å². The Hall–Kier alpha value is -2.17. The van der Waals surface area contributed by atoms with Gasteiger partial charge in [-0.15, -0.1) is 0 Å². The third-order valence-electron chi connectivity index (χ3n) is 2.79. The number of methoxy groups -OCH3 is 1. The Labute approximate surface area is 119 Å². The van der Waals surface area contributed by atoms with Crippen molar-refractivity contribution in [2.45, 2.75) is 19.9 Å². The Morgan fingerprint density at radius 2 is 1.80 bits per heavy atom. The fourth-order valence-electron chi connectivity index (χ4n) is 1.73. The quantitative estimate of drug-likeness (QED) is 0.729. The van der Waals surface area contributed by atoms with Gasteiger partial charge in [0.05, 0.1) is 19.5 Å². The van der Waals surface area contributed by atoms with Gasteiger partial charge in [0.2, 0.25) is 0 Å². The molecule has 5 heteroatoms. The van der Waals surface area contributed by atoms with Crippen molar-refractivity contribution in [1.82, 2.24) is 9.78 Å². The maximum Gasteiger partial charge on any atom is 0.161 e. The van der Waals surface area contributed by atoms with Crippen molar-refractivity contribution < 1.29 is 14.2 Å². The number of ether oxygens (including phenoxy) is 3. The maximum atomic E-state index is 5.63. The summed E-state index contributed by atoms with van der Waals surface area (Å²) in [5.41, 5.74) is 0. The molecule has 0 radical (unpaired) electrons.